The second kappa shape index (κ2) is 6.81. The van der Waals surface area contributed by atoms with Gasteiger partial charge < -0.3 is 10.1 Å². The Bertz CT molecular complexity index is 503. The van der Waals surface area contributed by atoms with Crippen molar-refractivity contribution in [2.24, 2.45) is 0 Å². The minimum atomic E-state index is -0.772. The number of carbonyl (C=O) groups is 2. The van der Waals surface area contributed by atoms with Crippen LogP contribution in [0.15, 0.2) is 36.3 Å². The maximum atomic E-state index is 11.6. The molecule has 0 saturated carbocycles. The first-order chi connectivity index (χ1) is 8.69. The topological polar surface area (TPSA) is 92.1 Å². The molecule has 0 aliphatic heterocycles. The Balaban J connectivity index is 2.71. The van der Waals surface area contributed by atoms with Crippen LogP contribution in [-0.4, -0.2) is 23.5 Å². The van der Waals surface area contributed by atoms with Gasteiger partial charge in [-0.2, -0.15) is 5.26 Å². The van der Waals surface area contributed by atoms with E-state index < -0.39 is 11.9 Å². The zero-order valence-electron chi connectivity index (χ0n) is 9.71. The van der Waals surface area contributed by atoms with E-state index in [-0.39, 0.29) is 12.2 Å². The van der Waals surface area contributed by atoms with E-state index in [0.717, 1.165) is 6.20 Å². The number of hydrogen-bond donors (Lipinski definition) is 1. The van der Waals surface area contributed by atoms with E-state index in [2.05, 4.69) is 15.0 Å². The Hall–Kier alpha value is -2.68. The van der Waals surface area contributed by atoms with Crippen molar-refractivity contribution < 1.29 is 14.3 Å². The summed E-state index contributed by atoms with van der Waals surface area (Å²) in [5, 5.41) is 11.0. The molecule has 0 unspecified atom stereocenters. The molecule has 1 heterocycles. The first kappa shape index (κ1) is 13.4. The summed E-state index contributed by atoms with van der Waals surface area (Å²) in [4.78, 5) is 26.6. The zero-order valence-corrected chi connectivity index (χ0v) is 9.71. The molecule has 0 aliphatic rings. The molecule has 1 amide bonds. The highest BCUT2D eigenvalue weighted by Crippen LogP contribution is 1.98. The van der Waals surface area contributed by atoms with Gasteiger partial charge in [-0.25, -0.2) is 4.79 Å². The van der Waals surface area contributed by atoms with Crippen molar-refractivity contribution in [2.45, 2.75) is 6.92 Å². The Morgan fingerprint density at radius 2 is 2.39 bits per heavy atom. The van der Waals surface area contributed by atoms with Crippen molar-refractivity contribution in [3.63, 3.8) is 0 Å². The molecule has 1 N–H and O–H groups in total. The van der Waals surface area contributed by atoms with Crippen LogP contribution in [0.2, 0.25) is 0 Å². The van der Waals surface area contributed by atoms with Crippen LogP contribution in [0, 0.1) is 11.3 Å². The average Bonchev–Trinajstić information content (AvgIpc) is 2.40. The van der Waals surface area contributed by atoms with Crippen molar-refractivity contribution >= 4 is 11.9 Å². The summed E-state index contributed by atoms with van der Waals surface area (Å²) < 4.78 is 4.64. The number of pyridine rings is 1. The summed E-state index contributed by atoms with van der Waals surface area (Å²) in [6.07, 6.45) is 3.93. The van der Waals surface area contributed by atoms with E-state index in [1.807, 2.05) is 0 Å². The van der Waals surface area contributed by atoms with Gasteiger partial charge in [0.1, 0.15) is 6.07 Å². The van der Waals surface area contributed by atoms with Gasteiger partial charge in [0.15, 0.2) is 5.57 Å². The van der Waals surface area contributed by atoms with Crippen molar-refractivity contribution in [1.82, 2.24) is 10.3 Å². The molecule has 0 atom stereocenters. The molecule has 18 heavy (non-hydrogen) atoms. The fraction of sp³-hybridized carbons (Fsp3) is 0.167. The minimum absolute atomic E-state index is 0.161. The Kier molecular flexibility index (Phi) is 5.06. The fourth-order valence-corrected chi connectivity index (χ4v) is 1.06. The van der Waals surface area contributed by atoms with Gasteiger partial charge >= 0.3 is 5.97 Å². The molecule has 6 heteroatoms. The van der Waals surface area contributed by atoms with E-state index in [1.54, 1.807) is 25.1 Å². The van der Waals surface area contributed by atoms with Gasteiger partial charge in [-0.05, 0) is 19.1 Å². The number of rotatable bonds is 4. The summed E-state index contributed by atoms with van der Waals surface area (Å²) in [5.74, 6) is -1.23. The second-order valence-corrected chi connectivity index (χ2v) is 3.11. The highest BCUT2D eigenvalue weighted by atomic mass is 16.5. The lowest BCUT2D eigenvalue weighted by atomic mass is 10.2. The quantitative estimate of drug-likeness (QED) is 0.480. The third kappa shape index (κ3) is 3.72. The van der Waals surface area contributed by atoms with E-state index in [1.165, 1.54) is 12.4 Å². The molecular weight excluding hydrogens is 234 g/mol. The number of amides is 1. The van der Waals surface area contributed by atoms with Gasteiger partial charge in [-0.15, -0.1) is 0 Å². The molecule has 0 aliphatic carbocycles. The number of esters is 1. The first-order valence-electron chi connectivity index (χ1n) is 5.17. The maximum absolute atomic E-state index is 11.6. The second-order valence-electron chi connectivity index (χ2n) is 3.11. The normalized spacial score (nSPS) is 10.3. The molecule has 0 spiro atoms. The lowest BCUT2D eigenvalue weighted by Gasteiger charge is -2.01. The Morgan fingerprint density at radius 1 is 1.61 bits per heavy atom. The van der Waals surface area contributed by atoms with Crippen LogP contribution in [0.4, 0.5) is 0 Å². The van der Waals surface area contributed by atoms with E-state index in [0.29, 0.717) is 5.56 Å². The van der Waals surface area contributed by atoms with Crippen LogP contribution in [0.5, 0.6) is 0 Å². The Labute approximate surface area is 104 Å². The van der Waals surface area contributed by atoms with Crippen LogP contribution in [0.3, 0.4) is 0 Å². The molecule has 0 radical (unpaired) electrons. The van der Waals surface area contributed by atoms with Gasteiger partial charge in [0.05, 0.1) is 12.2 Å². The summed E-state index contributed by atoms with van der Waals surface area (Å²) in [7, 11) is 0. The predicted octanol–water partition coefficient (Wildman–Crippen LogP) is 0.782. The molecule has 0 bridgehead atoms. The van der Waals surface area contributed by atoms with Crippen LogP contribution in [0.1, 0.15) is 17.3 Å². The van der Waals surface area contributed by atoms with Gasteiger partial charge in [0.2, 0.25) is 0 Å². The van der Waals surface area contributed by atoms with Gasteiger partial charge in [-0.3, -0.25) is 9.78 Å². The number of ether oxygens (including phenoxy) is 1. The molecule has 6 nitrogen and oxygen atoms in total. The van der Waals surface area contributed by atoms with E-state index in [4.69, 9.17) is 5.26 Å². The predicted molar refractivity (Wildman–Crippen MR) is 62.0 cm³/mol. The van der Waals surface area contributed by atoms with Crippen LogP contribution < -0.4 is 5.32 Å². The van der Waals surface area contributed by atoms with Crippen LogP contribution in [0.25, 0.3) is 0 Å². The molecule has 92 valence electrons. The monoisotopic (exact) mass is 245 g/mol. The largest absolute Gasteiger partial charge is 0.462 e. The summed E-state index contributed by atoms with van der Waals surface area (Å²) in [6, 6.07) is 4.82. The fourth-order valence-electron chi connectivity index (χ4n) is 1.06. The summed E-state index contributed by atoms with van der Waals surface area (Å²) in [6.45, 7) is 1.79. The van der Waals surface area contributed by atoms with Gasteiger partial charge in [0.25, 0.3) is 5.91 Å². The van der Waals surface area contributed by atoms with E-state index in [9.17, 15) is 9.59 Å². The number of nitrogens with zero attached hydrogens (tertiary/aromatic N) is 2. The average molecular weight is 245 g/mol. The Morgan fingerprint density at radius 3 is 2.94 bits per heavy atom. The van der Waals surface area contributed by atoms with Crippen molar-refractivity contribution in [1.29, 1.82) is 5.26 Å². The molecular formula is C12H11N3O3. The minimum Gasteiger partial charge on any atom is -0.462 e. The lowest BCUT2D eigenvalue weighted by molar-refractivity contribution is -0.138. The number of aromatic nitrogens is 1. The number of nitriles is 1. The first-order valence-corrected chi connectivity index (χ1v) is 5.17. The molecule has 0 saturated heterocycles. The highest BCUT2D eigenvalue weighted by Gasteiger charge is 2.10. The smallest absolute Gasteiger partial charge is 0.350 e. The number of carbonyl (C=O) groups excluding carboxylic acids is 2. The zero-order chi connectivity index (χ0) is 13.4. The van der Waals surface area contributed by atoms with Crippen LogP contribution in [-0.2, 0) is 9.53 Å². The van der Waals surface area contributed by atoms with Crippen molar-refractivity contribution in [2.75, 3.05) is 6.61 Å². The van der Waals surface area contributed by atoms with E-state index >= 15 is 0 Å². The van der Waals surface area contributed by atoms with Crippen LogP contribution >= 0.6 is 0 Å². The highest BCUT2D eigenvalue weighted by molar-refractivity contribution is 5.97. The molecule has 1 aromatic rings. The molecule has 1 rings (SSSR count). The molecule has 0 aromatic carbocycles. The standard InChI is InChI=1S/C12H11N3O3/c1-2-18-12(17)10(6-13)8-15-11(16)9-4-3-5-14-7-9/h3-5,7-8H,2H2,1H3,(H,15,16). The summed E-state index contributed by atoms with van der Waals surface area (Å²) in [5.41, 5.74) is 0.0592. The van der Waals surface area contributed by atoms with Crippen molar-refractivity contribution in [3.05, 3.63) is 41.9 Å². The third-order valence-corrected chi connectivity index (χ3v) is 1.89. The maximum Gasteiger partial charge on any atom is 0.350 e. The third-order valence-electron chi connectivity index (χ3n) is 1.89. The van der Waals surface area contributed by atoms with Gasteiger partial charge in [-0.1, -0.05) is 0 Å². The number of nitrogens with one attached hydrogen (secondary N) is 1. The summed E-state index contributed by atoms with van der Waals surface area (Å²) >= 11 is 0. The molecule has 1 aromatic heterocycles. The SMILES string of the molecule is CCOC(=O)C(C#N)=CNC(=O)c1cccnc1. The van der Waals surface area contributed by atoms with Gasteiger partial charge in [0, 0.05) is 18.6 Å². The number of hydrogen-bond acceptors (Lipinski definition) is 5. The lowest BCUT2D eigenvalue weighted by Crippen LogP contribution is -2.19. The molecule has 0 fully saturated rings. The van der Waals surface area contributed by atoms with Crippen molar-refractivity contribution in [3.8, 4) is 6.07 Å².